The number of thiophene rings is 1. The predicted molar refractivity (Wildman–Crippen MR) is 82.1 cm³/mol. The van der Waals surface area contributed by atoms with Gasteiger partial charge >= 0.3 is 0 Å². The monoisotopic (exact) mass is 340 g/mol. The third-order valence-electron chi connectivity index (χ3n) is 2.70. The quantitative estimate of drug-likeness (QED) is 0.782. The zero-order valence-corrected chi connectivity index (χ0v) is 12.9. The molecule has 0 aliphatic heterocycles. The summed E-state index contributed by atoms with van der Waals surface area (Å²) in [6, 6.07) is 12.2. The average molecular weight is 341 g/mol. The minimum atomic E-state index is -3.74. The Hall–Kier alpha value is -1.83. The lowest BCUT2D eigenvalue weighted by atomic mass is 10.1. The van der Waals surface area contributed by atoms with Gasteiger partial charge in [-0.1, -0.05) is 47.1 Å². The lowest BCUT2D eigenvalue weighted by molar-refractivity contribution is 0.436. The van der Waals surface area contributed by atoms with Crippen molar-refractivity contribution >= 4 is 38.8 Å². The Morgan fingerprint density at radius 1 is 1.14 bits per heavy atom. The Morgan fingerprint density at radius 2 is 1.90 bits per heavy atom. The highest BCUT2D eigenvalue weighted by atomic mass is 35.5. The third kappa shape index (κ3) is 2.94. The van der Waals surface area contributed by atoms with E-state index in [1.54, 1.807) is 0 Å². The van der Waals surface area contributed by atoms with Crippen LogP contribution in [0.25, 0.3) is 11.1 Å². The van der Waals surface area contributed by atoms with E-state index in [4.69, 9.17) is 16.1 Å². The molecule has 108 valence electrons. The first-order valence-corrected chi connectivity index (χ1v) is 8.52. The second kappa shape index (κ2) is 5.51. The van der Waals surface area contributed by atoms with Crippen LogP contribution in [0.5, 0.6) is 0 Å². The van der Waals surface area contributed by atoms with Crippen LogP contribution in [0.1, 0.15) is 0 Å². The molecule has 0 saturated heterocycles. The fourth-order valence-corrected chi connectivity index (χ4v) is 4.24. The van der Waals surface area contributed by atoms with Crippen LogP contribution in [0.15, 0.2) is 57.4 Å². The first-order chi connectivity index (χ1) is 10.1. The number of rotatable bonds is 4. The molecule has 0 unspecified atom stereocenters. The number of nitrogens with one attached hydrogen (secondary N) is 1. The van der Waals surface area contributed by atoms with Crippen molar-refractivity contribution in [3.8, 4) is 11.1 Å². The number of aromatic nitrogens is 1. The summed E-state index contributed by atoms with van der Waals surface area (Å²) in [5.74, 6) is 0.0747. The largest absolute Gasteiger partial charge is 0.337 e. The Labute approximate surface area is 130 Å². The van der Waals surface area contributed by atoms with E-state index in [0.29, 0.717) is 9.90 Å². The first-order valence-electron chi connectivity index (χ1n) is 5.84. The first kappa shape index (κ1) is 14.1. The molecule has 0 fully saturated rings. The Balaban J connectivity index is 1.95. The van der Waals surface area contributed by atoms with Gasteiger partial charge in [0.05, 0.1) is 16.1 Å². The molecule has 0 spiro atoms. The summed E-state index contributed by atoms with van der Waals surface area (Å²) < 4.78 is 32.4. The van der Waals surface area contributed by atoms with Crippen LogP contribution in [-0.4, -0.2) is 13.6 Å². The zero-order valence-electron chi connectivity index (χ0n) is 10.5. The summed E-state index contributed by atoms with van der Waals surface area (Å²) in [6.07, 6.45) is 1.47. The molecule has 8 heteroatoms. The SMILES string of the molecule is O=S(=O)(Nc1oncc1-c1ccccc1)c1ccc(Cl)s1. The molecule has 21 heavy (non-hydrogen) atoms. The molecule has 0 bridgehead atoms. The maximum Gasteiger partial charge on any atom is 0.273 e. The molecule has 2 heterocycles. The number of benzene rings is 1. The van der Waals surface area contributed by atoms with E-state index in [1.807, 2.05) is 30.3 Å². The molecule has 0 amide bonds. The van der Waals surface area contributed by atoms with E-state index in [9.17, 15) is 8.42 Å². The van der Waals surface area contributed by atoms with Crippen LogP contribution in [0.2, 0.25) is 4.34 Å². The van der Waals surface area contributed by atoms with Gasteiger partial charge in [0.25, 0.3) is 10.0 Å². The molecule has 1 N–H and O–H groups in total. The van der Waals surface area contributed by atoms with Gasteiger partial charge in [0.2, 0.25) is 5.88 Å². The number of halogens is 1. The molecule has 2 aromatic heterocycles. The molecule has 3 rings (SSSR count). The number of nitrogens with zero attached hydrogens (tertiary/aromatic N) is 1. The number of hydrogen-bond acceptors (Lipinski definition) is 5. The van der Waals surface area contributed by atoms with Crippen LogP contribution >= 0.6 is 22.9 Å². The van der Waals surface area contributed by atoms with Crippen molar-refractivity contribution in [1.82, 2.24) is 5.16 Å². The Kier molecular flexibility index (Phi) is 3.71. The van der Waals surface area contributed by atoms with Crippen molar-refractivity contribution in [1.29, 1.82) is 0 Å². The maximum absolute atomic E-state index is 12.2. The maximum atomic E-state index is 12.2. The highest BCUT2D eigenvalue weighted by Crippen LogP contribution is 2.31. The van der Waals surface area contributed by atoms with Gasteiger partial charge in [-0.25, -0.2) is 13.1 Å². The third-order valence-corrected chi connectivity index (χ3v) is 5.75. The van der Waals surface area contributed by atoms with Crippen molar-refractivity contribution < 1.29 is 12.9 Å². The van der Waals surface area contributed by atoms with E-state index in [2.05, 4.69) is 9.88 Å². The zero-order chi connectivity index (χ0) is 14.9. The van der Waals surface area contributed by atoms with Crippen LogP contribution < -0.4 is 4.72 Å². The van der Waals surface area contributed by atoms with E-state index in [1.165, 1.54) is 18.3 Å². The summed E-state index contributed by atoms with van der Waals surface area (Å²) in [5.41, 5.74) is 1.38. The standard InChI is InChI=1S/C13H9ClN2O3S2/c14-11-6-7-12(20-11)21(17,18)16-13-10(8-15-19-13)9-4-2-1-3-5-9/h1-8,16H. The van der Waals surface area contributed by atoms with Crippen molar-refractivity contribution in [3.05, 3.63) is 53.0 Å². The van der Waals surface area contributed by atoms with Crippen molar-refractivity contribution in [2.45, 2.75) is 4.21 Å². The predicted octanol–water partition coefficient (Wildman–Crippen LogP) is 3.86. The van der Waals surface area contributed by atoms with Gasteiger partial charge in [0.15, 0.2) is 0 Å². The molecule has 0 radical (unpaired) electrons. The fraction of sp³-hybridized carbons (Fsp3) is 0. The van der Waals surface area contributed by atoms with Crippen LogP contribution in [0, 0.1) is 0 Å². The summed E-state index contributed by atoms with van der Waals surface area (Å²) in [6.45, 7) is 0. The fourth-order valence-electron chi connectivity index (χ4n) is 1.75. The Bertz CT molecular complexity index is 856. The van der Waals surface area contributed by atoms with E-state index < -0.39 is 10.0 Å². The molecular formula is C13H9ClN2O3S2. The molecule has 0 aliphatic carbocycles. The van der Waals surface area contributed by atoms with Gasteiger partial charge in [0, 0.05) is 0 Å². The topological polar surface area (TPSA) is 72.2 Å². The minimum Gasteiger partial charge on any atom is -0.337 e. The van der Waals surface area contributed by atoms with Gasteiger partial charge in [0.1, 0.15) is 4.21 Å². The highest BCUT2D eigenvalue weighted by Gasteiger charge is 2.21. The molecule has 1 aromatic carbocycles. The molecular weight excluding hydrogens is 332 g/mol. The van der Waals surface area contributed by atoms with Gasteiger partial charge < -0.3 is 4.52 Å². The summed E-state index contributed by atoms with van der Waals surface area (Å²) in [7, 11) is -3.74. The second-order valence-electron chi connectivity index (χ2n) is 4.10. The smallest absolute Gasteiger partial charge is 0.273 e. The number of hydrogen-bond donors (Lipinski definition) is 1. The molecule has 5 nitrogen and oxygen atoms in total. The lowest BCUT2D eigenvalue weighted by Gasteiger charge is -2.04. The number of sulfonamides is 1. The lowest BCUT2D eigenvalue weighted by Crippen LogP contribution is -2.11. The molecule has 0 saturated carbocycles. The van der Waals surface area contributed by atoms with Gasteiger partial charge in [-0.05, 0) is 17.7 Å². The Morgan fingerprint density at radius 3 is 2.57 bits per heavy atom. The van der Waals surface area contributed by atoms with Gasteiger partial charge in [-0.15, -0.1) is 11.3 Å². The van der Waals surface area contributed by atoms with Crippen molar-refractivity contribution in [2.24, 2.45) is 0 Å². The summed E-state index contributed by atoms with van der Waals surface area (Å²) >= 11 is 6.74. The van der Waals surface area contributed by atoms with E-state index >= 15 is 0 Å². The average Bonchev–Trinajstić information content (AvgIpc) is 3.09. The molecule has 3 aromatic rings. The normalized spacial score (nSPS) is 11.5. The van der Waals surface area contributed by atoms with Crippen LogP contribution in [-0.2, 0) is 10.0 Å². The summed E-state index contributed by atoms with van der Waals surface area (Å²) in [4.78, 5) is 0. The van der Waals surface area contributed by atoms with Gasteiger partial charge in [-0.2, -0.15) is 0 Å². The van der Waals surface area contributed by atoms with Crippen molar-refractivity contribution in [3.63, 3.8) is 0 Å². The minimum absolute atomic E-state index is 0.0747. The van der Waals surface area contributed by atoms with E-state index in [-0.39, 0.29) is 10.1 Å². The van der Waals surface area contributed by atoms with Crippen LogP contribution in [0.4, 0.5) is 5.88 Å². The molecule has 0 aliphatic rings. The second-order valence-corrected chi connectivity index (χ2v) is 7.72. The van der Waals surface area contributed by atoms with Crippen LogP contribution in [0.3, 0.4) is 0 Å². The van der Waals surface area contributed by atoms with Crippen molar-refractivity contribution in [2.75, 3.05) is 4.72 Å². The van der Waals surface area contributed by atoms with Gasteiger partial charge in [-0.3, -0.25) is 0 Å². The summed E-state index contributed by atoms with van der Waals surface area (Å²) in [5, 5.41) is 3.66. The molecule has 0 atom stereocenters. The highest BCUT2D eigenvalue weighted by molar-refractivity contribution is 7.94. The van der Waals surface area contributed by atoms with E-state index in [0.717, 1.165) is 16.9 Å². The number of anilines is 1.